The molecule has 0 saturated heterocycles. The first-order chi connectivity index (χ1) is 12.6. The van der Waals surface area contributed by atoms with E-state index >= 15 is 0 Å². The maximum absolute atomic E-state index is 6.06. The van der Waals surface area contributed by atoms with Crippen molar-refractivity contribution < 1.29 is 30.2 Å². The third-order valence-electron chi connectivity index (χ3n) is 5.17. The average molecular weight is 426 g/mol. The number of hydrogen-bond acceptors (Lipinski definition) is 3. The van der Waals surface area contributed by atoms with Crippen LogP contribution < -0.4 is 12.4 Å². The third-order valence-corrected chi connectivity index (χ3v) is 8.32. The van der Waals surface area contributed by atoms with Gasteiger partial charge in [0.2, 0.25) is 0 Å². The van der Waals surface area contributed by atoms with Gasteiger partial charge in [0.15, 0.2) is 0 Å². The van der Waals surface area contributed by atoms with Gasteiger partial charge in [-0.15, -0.1) is 0 Å². The molecule has 0 aliphatic rings. The summed E-state index contributed by atoms with van der Waals surface area (Å²) in [6, 6.07) is 0.951. The van der Waals surface area contributed by atoms with Crippen molar-refractivity contribution in [2.24, 2.45) is 0 Å². The summed E-state index contributed by atoms with van der Waals surface area (Å²) in [7, 11) is -2.50. The van der Waals surface area contributed by atoms with Crippen LogP contribution in [-0.2, 0) is 13.3 Å². The van der Waals surface area contributed by atoms with Crippen LogP contribution in [0.1, 0.15) is 86.5 Å². The highest BCUT2D eigenvalue weighted by molar-refractivity contribution is 6.60. The van der Waals surface area contributed by atoms with Gasteiger partial charge in [0.25, 0.3) is 0 Å². The lowest BCUT2D eigenvalue weighted by molar-refractivity contribution is -0.928. The second-order valence-electron chi connectivity index (χ2n) is 7.38. The quantitative estimate of drug-likeness (QED) is 0.235. The van der Waals surface area contributed by atoms with Gasteiger partial charge in [0.1, 0.15) is 0 Å². The fourth-order valence-corrected chi connectivity index (χ4v) is 6.38. The van der Waals surface area contributed by atoms with Crippen LogP contribution in [0.3, 0.4) is 0 Å². The lowest BCUT2D eigenvalue weighted by atomic mass is 10.1. The van der Waals surface area contributed by atoms with Gasteiger partial charge >= 0.3 is 8.80 Å². The van der Waals surface area contributed by atoms with Crippen molar-refractivity contribution in [3.8, 4) is 0 Å². The molecule has 0 N–H and O–H groups in total. The Hall–Kier alpha value is 0.347. The highest BCUT2D eigenvalue weighted by atomic mass is 35.5. The molecule has 0 aliphatic carbocycles. The number of rotatable bonds is 19. The minimum atomic E-state index is -2.50. The molecule has 0 atom stereocenters. The van der Waals surface area contributed by atoms with E-state index < -0.39 is 8.80 Å². The van der Waals surface area contributed by atoms with Crippen molar-refractivity contribution in [2.45, 2.75) is 92.5 Å². The third kappa shape index (κ3) is 12.5. The van der Waals surface area contributed by atoms with E-state index in [9.17, 15) is 0 Å². The Morgan fingerprint density at radius 3 is 1.19 bits per heavy atom. The van der Waals surface area contributed by atoms with Crippen molar-refractivity contribution in [1.82, 2.24) is 0 Å². The lowest BCUT2D eigenvalue weighted by Gasteiger charge is -2.40. The van der Waals surface area contributed by atoms with Crippen molar-refractivity contribution in [2.75, 3.05) is 46.0 Å². The summed E-state index contributed by atoms with van der Waals surface area (Å²) in [5, 5.41) is 0. The molecule has 0 aromatic rings. The zero-order valence-electron chi connectivity index (χ0n) is 19.2. The molecule has 0 spiro atoms. The number of hydrogen-bond donors (Lipinski definition) is 0. The molecule has 0 heterocycles. The molecular formula is C21H48ClNO3Si. The summed E-state index contributed by atoms with van der Waals surface area (Å²) in [4.78, 5) is 0. The molecule has 166 valence electrons. The molecule has 0 fully saturated rings. The predicted molar refractivity (Wildman–Crippen MR) is 115 cm³/mol. The van der Waals surface area contributed by atoms with Crippen LogP contribution in [-0.4, -0.2) is 59.3 Å². The monoisotopic (exact) mass is 425 g/mol. The molecule has 0 radical (unpaired) electrons. The fourth-order valence-electron chi connectivity index (χ4n) is 3.78. The van der Waals surface area contributed by atoms with E-state index in [0.717, 1.165) is 12.5 Å². The highest BCUT2D eigenvalue weighted by Gasteiger charge is 2.40. The standard InChI is InChI=1S/C21H48NO3Si.ClH/c1-7-13-17-22(18-14-8-2,19-15-9-3)20-16-21-26(23-10-4,24-11-5)25-12-6;/h7-21H2,1-6H3;1H/q+1;/p-1. The molecule has 0 aromatic carbocycles. The molecule has 27 heavy (non-hydrogen) atoms. The second kappa shape index (κ2) is 18.4. The summed E-state index contributed by atoms with van der Waals surface area (Å²) in [6.07, 6.45) is 8.99. The summed E-state index contributed by atoms with van der Waals surface area (Å²) in [5.74, 6) is 0. The highest BCUT2D eigenvalue weighted by Crippen LogP contribution is 2.22. The van der Waals surface area contributed by atoms with Crippen LogP contribution in [0.2, 0.25) is 6.04 Å². The van der Waals surface area contributed by atoms with Crippen LogP contribution in [0, 0.1) is 0 Å². The number of nitrogens with zero attached hydrogens (tertiary/aromatic N) is 1. The van der Waals surface area contributed by atoms with E-state index in [0.29, 0.717) is 19.8 Å². The Bertz CT molecular complexity index is 283. The molecular weight excluding hydrogens is 378 g/mol. The van der Waals surface area contributed by atoms with Crippen LogP contribution in [0.5, 0.6) is 0 Å². The van der Waals surface area contributed by atoms with E-state index in [-0.39, 0.29) is 12.4 Å². The first kappa shape index (κ1) is 29.5. The molecule has 0 aromatic heterocycles. The molecule has 4 nitrogen and oxygen atoms in total. The summed E-state index contributed by atoms with van der Waals surface area (Å²) < 4.78 is 19.5. The zero-order chi connectivity index (χ0) is 19.7. The van der Waals surface area contributed by atoms with Gasteiger partial charge in [-0.3, -0.25) is 0 Å². The van der Waals surface area contributed by atoms with Crippen molar-refractivity contribution in [3.63, 3.8) is 0 Å². The summed E-state index contributed by atoms with van der Waals surface area (Å²) in [6.45, 7) is 20.3. The van der Waals surface area contributed by atoms with Crippen molar-refractivity contribution in [1.29, 1.82) is 0 Å². The summed E-state index contributed by atoms with van der Waals surface area (Å²) >= 11 is 0. The number of halogens is 1. The van der Waals surface area contributed by atoms with E-state index in [1.54, 1.807) is 0 Å². The molecule has 0 unspecified atom stereocenters. The SMILES string of the molecule is CCCC[N+](CCCC)(CCCC)CCC[Si](OCC)(OCC)OCC.[Cl-]. The minimum Gasteiger partial charge on any atom is -1.00 e. The van der Waals surface area contributed by atoms with Gasteiger partial charge < -0.3 is 30.2 Å². The van der Waals surface area contributed by atoms with Crippen LogP contribution >= 0.6 is 0 Å². The van der Waals surface area contributed by atoms with E-state index in [1.807, 2.05) is 20.8 Å². The Morgan fingerprint density at radius 2 is 0.889 bits per heavy atom. The predicted octanol–water partition coefficient (Wildman–Crippen LogP) is 2.65. The minimum absolute atomic E-state index is 0. The topological polar surface area (TPSA) is 27.7 Å². The van der Waals surface area contributed by atoms with Gasteiger partial charge in [0, 0.05) is 32.3 Å². The maximum atomic E-state index is 6.06. The van der Waals surface area contributed by atoms with Gasteiger partial charge in [-0.05, 0) is 40.0 Å². The first-order valence-electron chi connectivity index (χ1n) is 11.3. The molecule has 0 rings (SSSR count). The smallest absolute Gasteiger partial charge is 0.501 e. The van der Waals surface area contributed by atoms with Crippen LogP contribution in [0.15, 0.2) is 0 Å². The average Bonchev–Trinajstić information content (AvgIpc) is 2.63. The Kier molecular flexibility index (Phi) is 20.1. The van der Waals surface area contributed by atoms with E-state index in [4.69, 9.17) is 13.3 Å². The number of unbranched alkanes of at least 4 members (excludes halogenated alkanes) is 3. The van der Waals surface area contributed by atoms with Crippen molar-refractivity contribution >= 4 is 8.80 Å². The second-order valence-corrected chi connectivity index (χ2v) is 10.1. The van der Waals surface area contributed by atoms with Gasteiger partial charge in [0.05, 0.1) is 26.2 Å². The van der Waals surface area contributed by atoms with E-state index in [1.165, 1.54) is 69.2 Å². The van der Waals surface area contributed by atoms with Gasteiger partial charge in [-0.25, -0.2) is 0 Å². The first-order valence-corrected chi connectivity index (χ1v) is 13.3. The van der Waals surface area contributed by atoms with Crippen LogP contribution in [0.25, 0.3) is 0 Å². The molecule has 0 aliphatic heterocycles. The van der Waals surface area contributed by atoms with Crippen molar-refractivity contribution in [3.05, 3.63) is 0 Å². The Balaban J connectivity index is 0. The summed E-state index contributed by atoms with van der Waals surface area (Å²) in [5.41, 5.74) is 0. The number of quaternary nitrogens is 1. The maximum Gasteiger partial charge on any atom is 0.501 e. The molecule has 6 heteroatoms. The molecule has 0 amide bonds. The Labute approximate surface area is 177 Å². The van der Waals surface area contributed by atoms with E-state index in [2.05, 4.69) is 20.8 Å². The largest absolute Gasteiger partial charge is 1.00 e. The van der Waals surface area contributed by atoms with Gasteiger partial charge in [-0.2, -0.15) is 0 Å². The molecule has 0 bridgehead atoms. The Morgan fingerprint density at radius 1 is 0.556 bits per heavy atom. The van der Waals surface area contributed by atoms with Crippen LogP contribution in [0.4, 0.5) is 0 Å². The van der Waals surface area contributed by atoms with Gasteiger partial charge in [-0.1, -0.05) is 40.0 Å². The molecule has 0 saturated carbocycles. The lowest BCUT2D eigenvalue weighted by Crippen LogP contribution is -3.00. The fraction of sp³-hybridized carbons (Fsp3) is 1.00. The zero-order valence-corrected chi connectivity index (χ0v) is 20.9. The normalized spacial score (nSPS) is 12.2.